The van der Waals surface area contributed by atoms with Crippen molar-refractivity contribution in [3.05, 3.63) is 22.6 Å². The highest BCUT2D eigenvalue weighted by Crippen LogP contribution is 2.15. The fourth-order valence-electron chi connectivity index (χ4n) is 0.424. The van der Waals surface area contributed by atoms with Crippen LogP contribution in [0.25, 0.3) is 0 Å². The average molecular weight is 240 g/mol. The van der Waals surface area contributed by atoms with Crippen LogP contribution in [0, 0.1) is 0 Å². The molecule has 1 aromatic rings. The number of furan rings is 1. The fraction of sp³-hybridized carbons (Fsp3) is 0.200. The Morgan fingerprint density at radius 2 is 2.25 bits per heavy atom. The third-order valence-corrected chi connectivity index (χ3v) is 1.74. The molecule has 0 unspecified atom stereocenters. The third-order valence-electron chi connectivity index (χ3n) is 0.761. The number of alkyl halides is 1. The zero-order valence-electron chi connectivity index (χ0n) is 4.03. The molecule has 1 heterocycles. The minimum absolute atomic E-state index is 0.776. The summed E-state index contributed by atoms with van der Waals surface area (Å²) >= 11 is 6.44. The van der Waals surface area contributed by atoms with Gasteiger partial charge in [-0.25, -0.2) is 0 Å². The fourth-order valence-corrected chi connectivity index (χ4v) is 1.07. The van der Waals surface area contributed by atoms with Crippen LogP contribution in [0.4, 0.5) is 0 Å². The molecule has 0 aliphatic heterocycles. The van der Waals surface area contributed by atoms with E-state index in [4.69, 9.17) is 4.42 Å². The van der Waals surface area contributed by atoms with Crippen LogP contribution >= 0.6 is 31.9 Å². The quantitative estimate of drug-likeness (QED) is 0.687. The number of rotatable bonds is 1. The van der Waals surface area contributed by atoms with E-state index in [2.05, 4.69) is 31.9 Å². The van der Waals surface area contributed by atoms with Gasteiger partial charge in [-0.05, 0) is 28.1 Å². The molecule has 0 N–H and O–H groups in total. The molecule has 0 bridgehead atoms. The summed E-state index contributed by atoms with van der Waals surface area (Å²) in [6.07, 6.45) is 0. The monoisotopic (exact) mass is 238 g/mol. The Bertz CT molecular complexity index is 171. The summed E-state index contributed by atoms with van der Waals surface area (Å²) in [6, 6.07) is 3.79. The maximum atomic E-state index is 5.10. The first-order chi connectivity index (χ1) is 3.83. The molecule has 0 saturated carbocycles. The molecule has 0 saturated heterocycles. The Balaban J connectivity index is 2.84. The van der Waals surface area contributed by atoms with Crippen LogP contribution in [-0.4, -0.2) is 0 Å². The van der Waals surface area contributed by atoms with Crippen molar-refractivity contribution >= 4 is 31.9 Å². The topological polar surface area (TPSA) is 13.1 Å². The van der Waals surface area contributed by atoms with Crippen LogP contribution in [-0.2, 0) is 5.33 Å². The van der Waals surface area contributed by atoms with Gasteiger partial charge in [0.1, 0.15) is 5.76 Å². The molecule has 3 heteroatoms. The van der Waals surface area contributed by atoms with E-state index in [1.165, 1.54) is 0 Å². The largest absolute Gasteiger partial charge is 0.453 e. The Kier molecular flexibility index (Phi) is 2.14. The SMILES string of the molecule is BrCc1ccc(Br)o1. The van der Waals surface area contributed by atoms with Crippen LogP contribution in [0.2, 0.25) is 0 Å². The average Bonchev–Trinajstić information content (AvgIpc) is 2.14. The summed E-state index contributed by atoms with van der Waals surface area (Å²) in [4.78, 5) is 0. The second-order valence-corrected chi connectivity index (χ2v) is 2.68. The molecular weight excluding hydrogens is 236 g/mol. The van der Waals surface area contributed by atoms with E-state index in [0.29, 0.717) is 0 Å². The summed E-state index contributed by atoms with van der Waals surface area (Å²) in [6.45, 7) is 0. The summed E-state index contributed by atoms with van der Waals surface area (Å²) < 4.78 is 5.89. The summed E-state index contributed by atoms with van der Waals surface area (Å²) in [5, 5.41) is 0.776. The smallest absolute Gasteiger partial charge is 0.169 e. The Hall–Kier alpha value is 0.240. The first-order valence-corrected chi connectivity index (χ1v) is 4.04. The number of halogens is 2. The molecule has 0 atom stereocenters. The van der Waals surface area contributed by atoms with Crippen LogP contribution in [0.5, 0.6) is 0 Å². The van der Waals surface area contributed by atoms with Gasteiger partial charge in [-0.3, -0.25) is 0 Å². The number of hydrogen-bond donors (Lipinski definition) is 0. The zero-order valence-corrected chi connectivity index (χ0v) is 7.20. The van der Waals surface area contributed by atoms with Crippen molar-refractivity contribution in [2.75, 3.05) is 0 Å². The van der Waals surface area contributed by atoms with E-state index in [1.807, 2.05) is 12.1 Å². The van der Waals surface area contributed by atoms with Gasteiger partial charge in [-0.1, -0.05) is 15.9 Å². The van der Waals surface area contributed by atoms with Gasteiger partial charge in [0.2, 0.25) is 0 Å². The molecule has 8 heavy (non-hydrogen) atoms. The molecule has 1 rings (SSSR count). The second-order valence-electron chi connectivity index (χ2n) is 1.34. The minimum atomic E-state index is 0.776. The molecule has 0 spiro atoms. The van der Waals surface area contributed by atoms with Gasteiger partial charge in [0.05, 0.1) is 5.33 Å². The highest BCUT2D eigenvalue weighted by atomic mass is 79.9. The van der Waals surface area contributed by atoms with Gasteiger partial charge in [0, 0.05) is 0 Å². The first-order valence-electron chi connectivity index (χ1n) is 2.13. The van der Waals surface area contributed by atoms with Gasteiger partial charge < -0.3 is 4.42 Å². The van der Waals surface area contributed by atoms with Crippen molar-refractivity contribution in [3.63, 3.8) is 0 Å². The van der Waals surface area contributed by atoms with E-state index < -0.39 is 0 Å². The van der Waals surface area contributed by atoms with E-state index >= 15 is 0 Å². The van der Waals surface area contributed by atoms with Crippen molar-refractivity contribution in [2.45, 2.75) is 5.33 Å². The van der Waals surface area contributed by atoms with Gasteiger partial charge in [-0.2, -0.15) is 0 Å². The predicted octanol–water partition coefficient (Wildman–Crippen LogP) is 2.94. The molecule has 0 radical (unpaired) electrons. The van der Waals surface area contributed by atoms with Crippen molar-refractivity contribution in [3.8, 4) is 0 Å². The highest BCUT2D eigenvalue weighted by Gasteiger charge is 1.93. The lowest BCUT2D eigenvalue weighted by Gasteiger charge is -1.80. The molecule has 0 fully saturated rings. The molecule has 0 amide bonds. The maximum absolute atomic E-state index is 5.10. The van der Waals surface area contributed by atoms with Gasteiger partial charge in [-0.15, -0.1) is 0 Å². The Morgan fingerprint density at radius 1 is 1.50 bits per heavy atom. The lowest BCUT2D eigenvalue weighted by molar-refractivity contribution is 0.508. The summed E-state index contributed by atoms with van der Waals surface area (Å²) in [5.41, 5.74) is 0. The number of hydrogen-bond acceptors (Lipinski definition) is 1. The molecule has 44 valence electrons. The van der Waals surface area contributed by atoms with Crippen molar-refractivity contribution in [1.29, 1.82) is 0 Å². The van der Waals surface area contributed by atoms with E-state index in [9.17, 15) is 0 Å². The van der Waals surface area contributed by atoms with Crippen LogP contribution < -0.4 is 0 Å². The first kappa shape index (κ1) is 6.36. The normalized spacial score (nSPS) is 9.75. The van der Waals surface area contributed by atoms with Gasteiger partial charge in [0.25, 0.3) is 0 Å². The lowest BCUT2D eigenvalue weighted by Crippen LogP contribution is -1.62. The summed E-state index contributed by atoms with van der Waals surface area (Å²) in [5.74, 6) is 0.942. The summed E-state index contributed by atoms with van der Waals surface area (Å²) in [7, 11) is 0. The van der Waals surface area contributed by atoms with Crippen LogP contribution in [0.3, 0.4) is 0 Å². The van der Waals surface area contributed by atoms with Gasteiger partial charge >= 0.3 is 0 Å². The molecule has 0 aliphatic rings. The maximum Gasteiger partial charge on any atom is 0.169 e. The van der Waals surface area contributed by atoms with E-state index in [0.717, 1.165) is 15.8 Å². The van der Waals surface area contributed by atoms with E-state index in [-0.39, 0.29) is 0 Å². The molecule has 0 aliphatic carbocycles. The van der Waals surface area contributed by atoms with Crippen molar-refractivity contribution in [2.24, 2.45) is 0 Å². The highest BCUT2D eigenvalue weighted by molar-refractivity contribution is 9.10. The molecular formula is C5H4Br2O. The molecule has 1 nitrogen and oxygen atoms in total. The molecule has 1 aromatic heterocycles. The molecule has 0 aromatic carbocycles. The van der Waals surface area contributed by atoms with Gasteiger partial charge in [0.15, 0.2) is 4.67 Å². The minimum Gasteiger partial charge on any atom is -0.453 e. The predicted molar refractivity (Wildman–Crippen MR) is 39.0 cm³/mol. The van der Waals surface area contributed by atoms with Crippen molar-refractivity contribution in [1.82, 2.24) is 0 Å². The van der Waals surface area contributed by atoms with E-state index in [1.54, 1.807) is 0 Å². The Labute approximate surface area is 64.3 Å². The van der Waals surface area contributed by atoms with Crippen molar-refractivity contribution < 1.29 is 4.42 Å². The lowest BCUT2D eigenvalue weighted by atomic mass is 10.5. The van der Waals surface area contributed by atoms with Crippen LogP contribution in [0.15, 0.2) is 21.2 Å². The Morgan fingerprint density at radius 3 is 2.50 bits per heavy atom. The standard InChI is InChI=1S/C5H4Br2O/c6-3-4-1-2-5(7)8-4/h1-2H,3H2. The van der Waals surface area contributed by atoms with Crippen LogP contribution in [0.1, 0.15) is 5.76 Å². The second kappa shape index (κ2) is 2.69. The third kappa shape index (κ3) is 1.36. The zero-order chi connectivity index (χ0) is 5.98.